The summed E-state index contributed by atoms with van der Waals surface area (Å²) in [6.45, 7) is -0.683. The molecule has 0 aliphatic carbocycles. The van der Waals surface area contributed by atoms with E-state index < -0.39 is 54.4 Å². The summed E-state index contributed by atoms with van der Waals surface area (Å²) in [6, 6.07) is 0. The Morgan fingerprint density at radius 3 is 2.48 bits per heavy atom. The van der Waals surface area contributed by atoms with E-state index in [9.17, 15) is 28.2 Å². The minimum atomic E-state index is -4.86. The van der Waals surface area contributed by atoms with Crippen molar-refractivity contribution in [2.75, 3.05) is 12.3 Å². The molecule has 1 aromatic heterocycles. The molecular formula is C10H12F3N3O5. The van der Waals surface area contributed by atoms with Crippen LogP contribution in [-0.4, -0.2) is 49.8 Å². The SMILES string of the molecule is Nc1nc(=O)n(C2O[C@H](CO)[C@@H](O)[C@H]2O)cc1C(F)(F)F. The summed E-state index contributed by atoms with van der Waals surface area (Å²) in [5, 5.41) is 28.2. The zero-order valence-corrected chi connectivity index (χ0v) is 10.4. The van der Waals surface area contributed by atoms with Crippen LogP contribution in [0, 0.1) is 0 Å². The zero-order chi connectivity index (χ0) is 15.9. The van der Waals surface area contributed by atoms with Gasteiger partial charge in [0.25, 0.3) is 0 Å². The number of nitrogens with two attached hydrogens (primary N) is 1. The van der Waals surface area contributed by atoms with Crippen LogP contribution >= 0.6 is 0 Å². The highest BCUT2D eigenvalue weighted by atomic mass is 19.4. The van der Waals surface area contributed by atoms with Crippen molar-refractivity contribution in [2.45, 2.75) is 30.7 Å². The zero-order valence-electron chi connectivity index (χ0n) is 10.4. The fourth-order valence-corrected chi connectivity index (χ4v) is 1.99. The Morgan fingerprint density at radius 1 is 1.38 bits per heavy atom. The second-order valence-electron chi connectivity index (χ2n) is 4.46. The van der Waals surface area contributed by atoms with Crippen molar-refractivity contribution in [1.29, 1.82) is 0 Å². The third kappa shape index (κ3) is 2.72. The fraction of sp³-hybridized carbons (Fsp3) is 0.600. The summed E-state index contributed by atoms with van der Waals surface area (Å²) in [4.78, 5) is 14.6. The third-order valence-corrected chi connectivity index (χ3v) is 3.08. The van der Waals surface area contributed by atoms with Crippen molar-refractivity contribution in [3.05, 3.63) is 22.2 Å². The Morgan fingerprint density at radius 2 is 2.00 bits per heavy atom. The lowest BCUT2D eigenvalue weighted by atomic mass is 10.1. The van der Waals surface area contributed by atoms with Gasteiger partial charge >= 0.3 is 11.9 Å². The van der Waals surface area contributed by atoms with Crippen molar-refractivity contribution in [1.82, 2.24) is 9.55 Å². The number of hydrogen-bond acceptors (Lipinski definition) is 7. The molecule has 0 spiro atoms. The molecule has 5 N–H and O–H groups in total. The van der Waals surface area contributed by atoms with Crippen LogP contribution in [0.4, 0.5) is 19.0 Å². The number of rotatable bonds is 2. The number of ether oxygens (including phenoxy) is 1. The van der Waals surface area contributed by atoms with Gasteiger partial charge in [0.15, 0.2) is 6.23 Å². The molecule has 118 valence electrons. The molecular weight excluding hydrogens is 299 g/mol. The van der Waals surface area contributed by atoms with Gasteiger partial charge in [0, 0.05) is 6.20 Å². The van der Waals surface area contributed by atoms with E-state index in [0.717, 1.165) is 0 Å². The van der Waals surface area contributed by atoms with Gasteiger partial charge in [0.1, 0.15) is 29.7 Å². The number of hydrogen-bond donors (Lipinski definition) is 4. The molecule has 11 heteroatoms. The smallest absolute Gasteiger partial charge is 0.394 e. The molecule has 0 aromatic carbocycles. The summed E-state index contributed by atoms with van der Waals surface area (Å²) in [5.74, 6) is -1.00. The van der Waals surface area contributed by atoms with Crippen LogP contribution in [0.2, 0.25) is 0 Å². The molecule has 0 amide bonds. The Kier molecular flexibility index (Phi) is 3.93. The predicted octanol–water partition coefficient (Wildman–Crippen LogP) is -1.54. The number of nitrogen functional groups attached to an aromatic ring is 1. The van der Waals surface area contributed by atoms with Gasteiger partial charge in [-0.15, -0.1) is 0 Å². The Bertz CT molecular complexity index is 590. The summed E-state index contributed by atoms with van der Waals surface area (Å²) in [5.41, 5.74) is 2.49. The van der Waals surface area contributed by atoms with Crippen LogP contribution in [0.15, 0.2) is 11.0 Å². The molecule has 1 unspecified atom stereocenters. The van der Waals surface area contributed by atoms with Crippen LogP contribution in [-0.2, 0) is 10.9 Å². The summed E-state index contributed by atoms with van der Waals surface area (Å²) < 4.78 is 43.6. The standard InChI is InChI=1S/C10H12F3N3O5/c11-10(12,13)3-1-16(9(20)15-7(3)14)8-6(19)5(18)4(2-17)21-8/h1,4-6,8,17-19H,2H2,(H2,14,15,20)/t4-,5-,6-,8?/m1/s1. The van der Waals surface area contributed by atoms with Crippen molar-refractivity contribution in [2.24, 2.45) is 0 Å². The van der Waals surface area contributed by atoms with E-state index in [0.29, 0.717) is 10.8 Å². The summed E-state index contributed by atoms with van der Waals surface area (Å²) >= 11 is 0. The first-order valence-corrected chi connectivity index (χ1v) is 5.75. The normalized spacial score (nSPS) is 29.8. The van der Waals surface area contributed by atoms with Crippen LogP contribution in [0.25, 0.3) is 0 Å². The Labute approximate surface area is 115 Å². The van der Waals surface area contributed by atoms with Crippen molar-refractivity contribution >= 4 is 5.82 Å². The molecule has 0 radical (unpaired) electrons. The molecule has 2 rings (SSSR count). The third-order valence-electron chi connectivity index (χ3n) is 3.08. The van der Waals surface area contributed by atoms with Crippen LogP contribution in [0.5, 0.6) is 0 Å². The maximum atomic E-state index is 12.7. The van der Waals surface area contributed by atoms with E-state index in [4.69, 9.17) is 15.6 Å². The van der Waals surface area contributed by atoms with Crippen molar-refractivity contribution in [3.8, 4) is 0 Å². The van der Waals surface area contributed by atoms with Gasteiger partial charge in [0.2, 0.25) is 0 Å². The molecule has 21 heavy (non-hydrogen) atoms. The molecule has 4 atom stereocenters. The first kappa shape index (κ1) is 15.7. The molecule has 1 aromatic rings. The van der Waals surface area contributed by atoms with E-state index in [-0.39, 0.29) is 0 Å². The van der Waals surface area contributed by atoms with Gasteiger partial charge in [-0.05, 0) is 0 Å². The average Bonchev–Trinajstić information content (AvgIpc) is 2.65. The predicted molar refractivity (Wildman–Crippen MR) is 60.9 cm³/mol. The minimum Gasteiger partial charge on any atom is -0.394 e. The van der Waals surface area contributed by atoms with Crippen LogP contribution in [0.3, 0.4) is 0 Å². The summed E-state index contributed by atoms with van der Waals surface area (Å²) in [6.07, 6.45) is -10.6. The maximum Gasteiger partial charge on any atom is 0.421 e. The molecule has 2 heterocycles. The van der Waals surface area contributed by atoms with Gasteiger partial charge in [0.05, 0.1) is 6.61 Å². The van der Waals surface area contributed by atoms with E-state index in [1.54, 1.807) is 0 Å². The molecule has 1 aliphatic rings. The topological polar surface area (TPSA) is 131 Å². The lowest BCUT2D eigenvalue weighted by Crippen LogP contribution is -2.37. The van der Waals surface area contributed by atoms with E-state index in [2.05, 4.69) is 4.98 Å². The molecule has 0 saturated carbocycles. The molecule has 8 nitrogen and oxygen atoms in total. The van der Waals surface area contributed by atoms with Crippen molar-refractivity contribution in [3.63, 3.8) is 0 Å². The fourth-order valence-electron chi connectivity index (χ4n) is 1.99. The molecule has 1 fully saturated rings. The second kappa shape index (κ2) is 5.26. The Balaban J connectivity index is 2.48. The largest absolute Gasteiger partial charge is 0.421 e. The van der Waals surface area contributed by atoms with Gasteiger partial charge in [-0.2, -0.15) is 18.2 Å². The van der Waals surface area contributed by atoms with Gasteiger partial charge in [-0.25, -0.2) is 4.79 Å². The highest BCUT2D eigenvalue weighted by Gasteiger charge is 2.45. The number of nitrogens with zero attached hydrogens (tertiary/aromatic N) is 2. The van der Waals surface area contributed by atoms with E-state index in [1.165, 1.54) is 0 Å². The highest BCUT2D eigenvalue weighted by molar-refractivity contribution is 5.39. The number of aliphatic hydroxyl groups is 3. The van der Waals surface area contributed by atoms with E-state index in [1.807, 2.05) is 0 Å². The highest BCUT2D eigenvalue weighted by Crippen LogP contribution is 2.34. The number of halogens is 3. The number of aliphatic hydroxyl groups excluding tert-OH is 3. The first-order chi connectivity index (χ1) is 9.66. The van der Waals surface area contributed by atoms with Gasteiger partial charge in [-0.3, -0.25) is 4.57 Å². The lowest BCUT2D eigenvalue weighted by Gasteiger charge is -2.19. The van der Waals surface area contributed by atoms with Gasteiger partial charge < -0.3 is 25.8 Å². The van der Waals surface area contributed by atoms with Crippen LogP contribution in [0.1, 0.15) is 11.8 Å². The Hall–Kier alpha value is -1.69. The maximum absolute atomic E-state index is 12.7. The monoisotopic (exact) mass is 311 g/mol. The average molecular weight is 311 g/mol. The first-order valence-electron chi connectivity index (χ1n) is 5.75. The number of alkyl halides is 3. The number of anilines is 1. The lowest BCUT2D eigenvalue weighted by molar-refractivity contribution is -0.138. The molecule has 1 aliphatic heterocycles. The quantitative estimate of drug-likeness (QED) is 0.520. The minimum absolute atomic E-state index is 0.352. The second-order valence-corrected chi connectivity index (χ2v) is 4.46. The molecule has 0 bridgehead atoms. The van der Waals surface area contributed by atoms with E-state index >= 15 is 0 Å². The number of aromatic nitrogens is 2. The van der Waals surface area contributed by atoms with Crippen LogP contribution < -0.4 is 11.4 Å². The van der Waals surface area contributed by atoms with Gasteiger partial charge in [-0.1, -0.05) is 0 Å². The summed E-state index contributed by atoms with van der Waals surface area (Å²) in [7, 11) is 0. The van der Waals surface area contributed by atoms with Crippen molar-refractivity contribution < 1.29 is 33.2 Å². The molecule has 1 saturated heterocycles.